The van der Waals surface area contributed by atoms with Gasteiger partial charge in [0.1, 0.15) is 0 Å². The molecule has 2 heterocycles. The van der Waals surface area contributed by atoms with Crippen molar-refractivity contribution >= 4 is 10.9 Å². The predicted molar refractivity (Wildman–Crippen MR) is 87.5 cm³/mol. The van der Waals surface area contributed by atoms with Gasteiger partial charge < -0.3 is 9.97 Å². The van der Waals surface area contributed by atoms with Crippen molar-refractivity contribution in [2.24, 2.45) is 0 Å². The molecule has 2 aromatic carbocycles. The molecule has 4 heteroatoms. The molecular weight excluding hydrogens is 274 g/mol. The van der Waals surface area contributed by atoms with Gasteiger partial charge >= 0.3 is 5.69 Å². The second-order valence-electron chi connectivity index (χ2n) is 5.34. The lowest BCUT2D eigenvalue weighted by atomic mass is 10.1. The van der Waals surface area contributed by atoms with E-state index in [-0.39, 0.29) is 5.69 Å². The Kier molecular flexibility index (Phi) is 2.93. The molecule has 2 aromatic heterocycles. The molecule has 4 aromatic rings. The quantitative estimate of drug-likeness (QED) is 0.597. The average molecular weight is 289 g/mol. The topological polar surface area (TPSA) is 53.6 Å². The lowest BCUT2D eigenvalue weighted by Gasteiger charge is -1.99. The molecule has 0 aliphatic carbocycles. The molecule has 108 valence electrons. The zero-order valence-corrected chi connectivity index (χ0v) is 11.9. The second kappa shape index (κ2) is 5.07. The van der Waals surface area contributed by atoms with Gasteiger partial charge in [-0.05, 0) is 11.6 Å². The minimum absolute atomic E-state index is 0.115. The summed E-state index contributed by atoms with van der Waals surface area (Å²) in [7, 11) is 0. The number of para-hydroxylation sites is 1. The van der Waals surface area contributed by atoms with Gasteiger partial charge in [0.2, 0.25) is 0 Å². The van der Waals surface area contributed by atoms with Gasteiger partial charge in [0.15, 0.2) is 0 Å². The van der Waals surface area contributed by atoms with Crippen LogP contribution in [0.5, 0.6) is 0 Å². The number of hydrogen-bond donors (Lipinski definition) is 2. The van der Waals surface area contributed by atoms with Gasteiger partial charge in [0.25, 0.3) is 0 Å². The highest BCUT2D eigenvalue weighted by molar-refractivity contribution is 5.88. The van der Waals surface area contributed by atoms with Gasteiger partial charge in [-0.3, -0.25) is 4.57 Å². The number of nitrogens with zero attached hydrogens (tertiary/aromatic N) is 1. The van der Waals surface area contributed by atoms with Crippen molar-refractivity contribution < 1.29 is 0 Å². The number of aromatic nitrogens is 3. The van der Waals surface area contributed by atoms with Crippen molar-refractivity contribution in [2.45, 2.75) is 6.42 Å². The summed E-state index contributed by atoms with van der Waals surface area (Å²) in [5.74, 6) is 0. The first-order valence-electron chi connectivity index (χ1n) is 7.22. The molecule has 4 nitrogen and oxygen atoms in total. The minimum atomic E-state index is -0.115. The third-order valence-electron chi connectivity index (χ3n) is 3.84. The fraction of sp³-hybridized carbons (Fsp3) is 0.0556. The Morgan fingerprint density at radius 1 is 0.955 bits per heavy atom. The number of rotatable bonds is 3. The lowest BCUT2D eigenvalue weighted by molar-refractivity contribution is 0.993. The van der Waals surface area contributed by atoms with E-state index in [1.54, 1.807) is 4.57 Å². The molecule has 0 radical (unpaired) electrons. The van der Waals surface area contributed by atoms with E-state index in [1.807, 2.05) is 54.9 Å². The molecule has 0 aliphatic rings. The average Bonchev–Trinajstić information content (AvgIpc) is 3.11. The molecule has 22 heavy (non-hydrogen) atoms. The largest absolute Gasteiger partial charge is 0.359 e. The van der Waals surface area contributed by atoms with Crippen LogP contribution in [0.2, 0.25) is 0 Å². The van der Waals surface area contributed by atoms with Gasteiger partial charge in [-0.25, -0.2) is 4.79 Å². The van der Waals surface area contributed by atoms with Gasteiger partial charge in [-0.1, -0.05) is 48.5 Å². The SMILES string of the molecule is O=c1[nH]c(Cc2ccccc2)cn1-c1c[nH]c2ccccc12. The maximum absolute atomic E-state index is 12.3. The zero-order chi connectivity index (χ0) is 14.9. The normalized spacial score (nSPS) is 11.1. The van der Waals surface area contributed by atoms with Crippen molar-refractivity contribution in [1.82, 2.24) is 14.5 Å². The van der Waals surface area contributed by atoms with Crippen LogP contribution in [-0.4, -0.2) is 14.5 Å². The Morgan fingerprint density at radius 2 is 1.73 bits per heavy atom. The van der Waals surface area contributed by atoms with Crippen LogP contribution in [0, 0.1) is 0 Å². The standard InChI is InChI=1S/C18H15N3O/c22-18-20-14(10-13-6-2-1-3-7-13)12-21(18)17-11-19-16-9-5-4-8-15(16)17/h1-9,11-12,19H,10H2,(H,20,22). The molecule has 0 amide bonds. The third kappa shape index (κ3) is 2.15. The number of aromatic amines is 2. The number of benzene rings is 2. The van der Waals surface area contributed by atoms with E-state index in [4.69, 9.17) is 0 Å². The summed E-state index contributed by atoms with van der Waals surface area (Å²) < 4.78 is 1.66. The van der Waals surface area contributed by atoms with Crippen LogP contribution < -0.4 is 5.69 Å². The smallest absolute Gasteiger partial charge is 0.330 e. The van der Waals surface area contributed by atoms with E-state index < -0.39 is 0 Å². The van der Waals surface area contributed by atoms with Crippen LogP contribution in [0.3, 0.4) is 0 Å². The molecule has 0 bridgehead atoms. The Bertz CT molecular complexity index is 976. The van der Waals surface area contributed by atoms with Crippen LogP contribution in [0.1, 0.15) is 11.3 Å². The fourth-order valence-corrected chi connectivity index (χ4v) is 2.78. The van der Waals surface area contributed by atoms with E-state index in [0.29, 0.717) is 6.42 Å². The number of imidazole rings is 1. The molecule has 0 aliphatic heterocycles. The van der Waals surface area contributed by atoms with Gasteiger partial charge in [0, 0.05) is 35.4 Å². The second-order valence-corrected chi connectivity index (χ2v) is 5.34. The van der Waals surface area contributed by atoms with Crippen LogP contribution in [0.25, 0.3) is 16.6 Å². The van der Waals surface area contributed by atoms with Crippen molar-refractivity contribution in [3.8, 4) is 5.69 Å². The molecule has 0 atom stereocenters. The highest BCUT2D eigenvalue weighted by Gasteiger charge is 2.10. The van der Waals surface area contributed by atoms with E-state index in [1.165, 1.54) is 5.56 Å². The lowest BCUT2D eigenvalue weighted by Crippen LogP contribution is -2.13. The molecule has 0 fully saturated rings. The molecular formula is C18H15N3O. The number of fused-ring (bicyclic) bond motifs is 1. The Balaban J connectivity index is 1.76. The Hall–Kier alpha value is -3.01. The van der Waals surface area contributed by atoms with Crippen LogP contribution in [0.15, 0.2) is 71.8 Å². The van der Waals surface area contributed by atoms with Crippen molar-refractivity contribution in [3.63, 3.8) is 0 Å². The van der Waals surface area contributed by atoms with Crippen LogP contribution in [-0.2, 0) is 6.42 Å². The van der Waals surface area contributed by atoms with Crippen molar-refractivity contribution in [2.75, 3.05) is 0 Å². The van der Waals surface area contributed by atoms with Crippen molar-refractivity contribution in [3.05, 3.63) is 88.7 Å². The molecule has 2 N–H and O–H groups in total. The predicted octanol–water partition coefficient (Wildman–Crippen LogP) is 3.24. The maximum Gasteiger partial charge on any atom is 0.330 e. The van der Waals surface area contributed by atoms with E-state index >= 15 is 0 Å². The molecule has 0 spiro atoms. The third-order valence-corrected chi connectivity index (χ3v) is 3.84. The molecule has 0 saturated carbocycles. The van der Waals surface area contributed by atoms with Gasteiger partial charge in [-0.15, -0.1) is 0 Å². The number of nitrogens with one attached hydrogen (secondary N) is 2. The Morgan fingerprint density at radius 3 is 2.59 bits per heavy atom. The molecule has 4 rings (SSSR count). The van der Waals surface area contributed by atoms with Crippen LogP contribution in [0.4, 0.5) is 0 Å². The summed E-state index contributed by atoms with van der Waals surface area (Å²) in [6.45, 7) is 0. The number of hydrogen-bond acceptors (Lipinski definition) is 1. The first-order valence-corrected chi connectivity index (χ1v) is 7.22. The molecule has 0 unspecified atom stereocenters. The van der Waals surface area contributed by atoms with E-state index in [2.05, 4.69) is 22.1 Å². The number of H-pyrrole nitrogens is 2. The van der Waals surface area contributed by atoms with Gasteiger partial charge in [0.05, 0.1) is 5.69 Å². The highest BCUT2D eigenvalue weighted by Crippen LogP contribution is 2.20. The summed E-state index contributed by atoms with van der Waals surface area (Å²) in [6.07, 6.45) is 4.46. The summed E-state index contributed by atoms with van der Waals surface area (Å²) in [4.78, 5) is 18.4. The first-order chi connectivity index (χ1) is 10.8. The van der Waals surface area contributed by atoms with E-state index in [9.17, 15) is 4.79 Å². The van der Waals surface area contributed by atoms with Gasteiger partial charge in [-0.2, -0.15) is 0 Å². The first kappa shape index (κ1) is 12.7. The van der Waals surface area contributed by atoms with Crippen molar-refractivity contribution in [1.29, 1.82) is 0 Å². The molecule has 0 saturated heterocycles. The zero-order valence-electron chi connectivity index (χ0n) is 11.9. The summed E-state index contributed by atoms with van der Waals surface area (Å²) in [5.41, 5.74) is 3.86. The minimum Gasteiger partial charge on any atom is -0.359 e. The Labute approximate surface area is 127 Å². The van der Waals surface area contributed by atoms with E-state index in [0.717, 1.165) is 22.3 Å². The monoisotopic (exact) mass is 289 g/mol. The summed E-state index contributed by atoms with van der Waals surface area (Å²) >= 11 is 0. The van der Waals surface area contributed by atoms with Crippen LogP contribution >= 0.6 is 0 Å². The highest BCUT2D eigenvalue weighted by atomic mass is 16.1. The fourth-order valence-electron chi connectivity index (χ4n) is 2.78. The maximum atomic E-state index is 12.3. The summed E-state index contributed by atoms with van der Waals surface area (Å²) in [6, 6.07) is 18.1. The summed E-state index contributed by atoms with van der Waals surface area (Å²) in [5, 5.41) is 1.04.